The molecular weight excluding hydrogens is 218 g/mol. The summed E-state index contributed by atoms with van der Waals surface area (Å²) in [5.74, 6) is 0.729. The zero-order valence-corrected chi connectivity index (χ0v) is 9.93. The van der Waals surface area contributed by atoms with Gasteiger partial charge in [0.05, 0.1) is 6.61 Å². The number of ether oxygens (including phenoxy) is 1. The number of aromatic nitrogens is 1. The highest BCUT2D eigenvalue weighted by molar-refractivity contribution is 5.79. The van der Waals surface area contributed by atoms with Crippen LogP contribution in [-0.4, -0.2) is 35.0 Å². The van der Waals surface area contributed by atoms with Crippen LogP contribution in [0, 0.1) is 0 Å². The van der Waals surface area contributed by atoms with Crippen molar-refractivity contribution in [1.29, 1.82) is 0 Å². The van der Waals surface area contributed by atoms with Gasteiger partial charge in [-0.05, 0) is 12.5 Å². The summed E-state index contributed by atoms with van der Waals surface area (Å²) < 4.78 is 5.26. The Balaban J connectivity index is 1.97. The van der Waals surface area contributed by atoms with Crippen molar-refractivity contribution in [1.82, 2.24) is 9.88 Å². The molecule has 2 heterocycles. The van der Waals surface area contributed by atoms with Gasteiger partial charge in [-0.1, -0.05) is 6.07 Å². The predicted octanol–water partition coefficient (Wildman–Crippen LogP) is 0.540. The minimum atomic E-state index is -0.0295. The van der Waals surface area contributed by atoms with Crippen LogP contribution >= 0.6 is 0 Å². The molecule has 1 saturated heterocycles. The van der Waals surface area contributed by atoms with Crippen molar-refractivity contribution in [2.24, 2.45) is 5.73 Å². The predicted molar refractivity (Wildman–Crippen MR) is 63.4 cm³/mol. The fourth-order valence-electron chi connectivity index (χ4n) is 1.91. The van der Waals surface area contributed by atoms with E-state index in [9.17, 15) is 4.79 Å². The Morgan fingerprint density at radius 2 is 2.41 bits per heavy atom. The van der Waals surface area contributed by atoms with Crippen LogP contribution in [0.2, 0.25) is 0 Å². The summed E-state index contributed by atoms with van der Waals surface area (Å²) >= 11 is 0. The molecule has 1 fully saturated rings. The average Bonchev–Trinajstić information content (AvgIpc) is 2.61. The molecule has 1 aromatic heterocycles. The maximum Gasteiger partial charge on any atom is 0.224 e. The normalized spacial score (nSPS) is 19.8. The zero-order valence-electron chi connectivity index (χ0n) is 9.93. The van der Waals surface area contributed by atoms with Gasteiger partial charge >= 0.3 is 0 Å². The second kappa shape index (κ2) is 5.14. The Kier molecular flexibility index (Phi) is 3.58. The van der Waals surface area contributed by atoms with Gasteiger partial charge in [0.25, 0.3) is 0 Å². The molecule has 1 amide bonds. The number of pyridine rings is 1. The van der Waals surface area contributed by atoms with Gasteiger partial charge in [-0.2, -0.15) is 0 Å². The number of hydrogen-bond donors (Lipinski definition) is 1. The van der Waals surface area contributed by atoms with Crippen molar-refractivity contribution in [2.45, 2.75) is 25.9 Å². The summed E-state index contributed by atoms with van der Waals surface area (Å²) in [6.45, 7) is 3.73. The van der Waals surface area contributed by atoms with E-state index in [-0.39, 0.29) is 11.9 Å². The van der Waals surface area contributed by atoms with Crippen molar-refractivity contribution >= 4 is 5.91 Å². The van der Waals surface area contributed by atoms with E-state index in [0.29, 0.717) is 32.0 Å². The van der Waals surface area contributed by atoms with Gasteiger partial charge in [-0.25, -0.2) is 4.98 Å². The molecule has 0 spiro atoms. The number of amides is 1. The van der Waals surface area contributed by atoms with Gasteiger partial charge in [0.15, 0.2) is 0 Å². The average molecular weight is 235 g/mol. The molecule has 1 atom stereocenters. The highest BCUT2D eigenvalue weighted by Gasteiger charge is 2.26. The number of rotatable bonds is 4. The molecule has 2 rings (SSSR count). The first-order valence-corrected chi connectivity index (χ1v) is 5.80. The minimum Gasteiger partial charge on any atom is -0.478 e. The Morgan fingerprint density at radius 3 is 2.94 bits per heavy atom. The summed E-state index contributed by atoms with van der Waals surface area (Å²) in [5.41, 5.74) is 6.73. The van der Waals surface area contributed by atoms with Crippen LogP contribution in [-0.2, 0) is 11.3 Å². The van der Waals surface area contributed by atoms with Crippen LogP contribution in [0.1, 0.15) is 18.9 Å². The number of nitrogens with two attached hydrogens (primary N) is 1. The van der Waals surface area contributed by atoms with Gasteiger partial charge in [0, 0.05) is 37.8 Å². The van der Waals surface area contributed by atoms with Crippen molar-refractivity contribution in [2.75, 3.05) is 13.2 Å². The second-order valence-electron chi connectivity index (χ2n) is 4.18. The van der Waals surface area contributed by atoms with E-state index >= 15 is 0 Å². The number of hydrogen-bond acceptors (Lipinski definition) is 4. The van der Waals surface area contributed by atoms with E-state index in [1.54, 1.807) is 11.1 Å². The first-order chi connectivity index (χ1) is 8.19. The number of nitrogens with zero attached hydrogens (tertiary/aromatic N) is 2. The molecule has 0 bridgehead atoms. The van der Waals surface area contributed by atoms with Crippen LogP contribution in [0.3, 0.4) is 0 Å². The minimum absolute atomic E-state index is 0.0295. The van der Waals surface area contributed by atoms with E-state index in [1.165, 1.54) is 0 Å². The molecule has 92 valence electrons. The molecule has 1 aliphatic rings. The molecule has 17 heavy (non-hydrogen) atoms. The summed E-state index contributed by atoms with van der Waals surface area (Å²) in [6, 6.07) is 3.71. The standard InChI is InChI=1S/C12H17N3O2/c1-2-17-11-4-3-9(6-14-11)7-15-8-10(13)5-12(15)16/h3-4,6,10H,2,5,7-8,13H2,1H3. The lowest BCUT2D eigenvalue weighted by Crippen LogP contribution is -2.27. The lowest BCUT2D eigenvalue weighted by atomic mass is 10.2. The molecule has 2 N–H and O–H groups in total. The van der Waals surface area contributed by atoms with Gasteiger partial charge in [0.2, 0.25) is 11.8 Å². The largest absolute Gasteiger partial charge is 0.478 e. The molecular formula is C12H17N3O2. The van der Waals surface area contributed by atoms with Crippen LogP contribution in [0.5, 0.6) is 5.88 Å². The molecule has 0 saturated carbocycles. The summed E-state index contributed by atoms with van der Waals surface area (Å²) in [6.07, 6.45) is 2.19. The summed E-state index contributed by atoms with van der Waals surface area (Å²) in [7, 11) is 0. The van der Waals surface area contributed by atoms with Crippen molar-refractivity contribution < 1.29 is 9.53 Å². The van der Waals surface area contributed by atoms with Crippen LogP contribution < -0.4 is 10.5 Å². The zero-order chi connectivity index (χ0) is 12.3. The molecule has 1 aliphatic heterocycles. The summed E-state index contributed by atoms with van der Waals surface area (Å²) in [4.78, 5) is 17.5. The van der Waals surface area contributed by atoms with Crippen molar-refractivity contribution in [3.63, 3.8) is 0 Å². The quantitative estimate of drug-likeness (QED) is 0.827. The topological polar surface area (TPSA) is 68.5 Å². The van der Waals surface area contributed by atoms with E-state index in [2.05, 4.69) is 4.98 Å². The van der Waals surface area contributed by atoms with Crippen molar-refractivity contribution in [3.8, 4) is 5.88 Å². The molecule has 5 nitrogen and oxygen atoms in total. The first kappa shape index (κ1) is 11.9. The Bertz CT molecular complexity index is 391. The van der Waals surface area contributed by atoms with Gasteiger partial charge in [-0.15, -0.1) is 0 Å². The van der Waals surface area contributed by atoms with Gasteiger partial charge in [0.1, 0.15) is 0 Å². The third kappa shape index (κ3) is 2.94. The molecule has 0 aliphatic carbocycles. The van der Waals surface area contributed by atoms with E-state index in [1.807, 2.05) is 19.1 Å². The third-order valence-electron chi connectivity index (χ3n) is 2.71. The molecule has 1 unspecified atom stereocenters. The first-order valence-electron chi connectivity index (χ1n) is 5.80. The maximum absolute atomic E-state index is 11.6. The van der Waals surface area contributed by atoms with Crippen molar-refractivity contribution in [3.05, 3.63) is 23.9 Å². The monoisotopic (exact) mass is 235 g/mol. The lowest BCUT2D eigenvalue weighted by Gasteiger charge is -2.15. The van der Waals surface area contributed by atoms with E-state index < -0.39 is 0 Å². The molecule has 0 aromatic carbocycles. The van der Waals surface area contributed by atoms with Gasteiger partial charge < -0.3 is 15.4 Å². The number of carbonyl (C=O) groups is 1. The van der Waals surface area contributed by atoms with Gasteiger partial charge in [-0.3, -0.25) is 4.79 Å². The Labute approximate surface area is 101 Å². The smallest absolute Gasteiger partial charge is 0.224 e. The fourth-order valence-corrected chi connectivity index (χ4v) is 1.91. The van der Waals surface area contributed by atoms with E-state index in [4.69, 9.17) is 10.5 Å². The van der Waals surface area contributed by atoms with Crippen LogP contribution in [0.4, 0.5) is 0 Å². The summed E-state index contributed by atoms with van der Waals surface area (Å²) in [5, 5.41) is 0. The molecule has 0 radical (unpaired) electrons. The Morgan fingerprint density at radius 1 is 1.59 bits per heavy atom. The van der Waals surface area contributed by atoms with Crippen LogP contribution in [0.25, 0.3) is 0 Å². The SMILES string of the molecule is CCOc1ccc(CN2CC(N)CC2=O)cn1. The lowest BCUT2D eigenvalue weighted by molar-refractivity contribution is -0.128. The highest BCUT2D eigenvalue weighted by atomic mass is 16.5. The molecule has 5 heteroatoms. The second-order valence-corrected chi connectivity index (χ2v) is 4.18. The maximum atomic E-state index is 11.6. The number of likely N-dealkylation sites (tertiary alicyclic amines) is 1. The molecule has 1 aromatic rings. The highest BCUT2D eigenvalue weighted by Crippen LogP contribution is 2.14. The number of carbonyl (C=O) groups excluding carboxylic acids is 1. The fraction of sp³-hybridized carbons (Fsp3) is 0.500. The van der Waals surface area contributed by atoms with E-state index in [0.717, 1.165) is 5.56 Å². The Hall–Kier alpha value is -1.62. The van der Waals surface area contributed by atoms with Crippen LogP contribution in [0.15, 0.2) is 18.3 Å². The third-order valence-corrected chi connectivity index (χ3v) is 2.71.